The first-order valence-electron chi connectivity index (χ1n) is 7.13. The quantitative estimate of drug-likeness (QED) is 0.308. The third kappa shape index (κ3) is 5.33. The van der Waals surface area contributed by atoms with Crippen LogP contribution in [0.25, 0.3) is 0 Å². The highest BCUT2D eigenvalue weighted by Gasteiger charge is 2.46. The normalized spacial score (nSPS) is 17.8. The van der Waals surface area contributed by atoms with Gasteiger partial charge in [-0.25, -0.2) is 4.67 Å². The van der Waals surface area contributed by atoms with E-state index >= 15 is 0 Å². The maximum Gasteiger partial charge on any atom is 0.237 e. The lowest BCUT2D eigenvalue weighted by Crippen LogP contribution is -2.48. The Morgan fingerprint density at radius 1 is 1.38 bits per heavy atom. The van der Waals surface area contributed by atoms with Gasteiger partial charge >= 0.3 is 0 Å². The topological polar surface area (TPSA) is 120 Å². The summed E-state index contributed by atoms with van der Waals surface area (Å²) in [5, 5.41) is 28.7. The van der Waals surface area contributed by atoms with Crippen LogP contribution in [0.3, 0.4) is 0 Å². The van der Waals surface area contributed by atoms with Crippen LogP contribution in [0.15, 0.2) is 0 Å². The summed E-state index contributed by atoms with van der Waals surface area (Å²) in [5.74, 6) is -0.873. The van der Waals surface area contributed by atoms with Crippen molar-refractivity contribution < 1.29 is 19.5 Å². The number of hydrogen-bond donors (Lipinski definition) is 3. The van der Waals surface area contributed by atoms with E-state index in [4.69, 9.17) is 15.7 Å². The molecule has 2 unspecified atom stereocenters. The van der Waals surface area contributed by atoms with E-state index in [2.05, 4.69) is 0 Å². The summed E-state index contributed by atoms with van der Waals surface area (Å²) in [6.45, 7) is 6.90. The van der Waals surface area contributed by atoms with Crippen LogP contribution in [0.2, 0.25) is 0 Å². The average Bonchev–Trinajstić information content (AvgIpc) is 2.39. The van der Waals surface area contributed by atoms with E-state index in [1.165, 1.54) is 0 Å². The molecule has 124 valence electrons. The predicted octanol–water partition coefficient (Wildman–Crippen LogP) is 0.723. The van der Waals surface area contributed by atoms with Crippen LogP contribution in [-0.4, -0.2) is 52.3 Å². The van der Waals surface area contributed by atoms with Gasteiger partial charge in [0.05, 0.1) is 31.6 Å². The van der Waals surface area contributed by atoms with Crippen LogP contribution in [0, 0.1) is 17.2 Å². The molecule has 8 heteroatoms. The van der Waals surface area contributed by atoms with Gasteiger partial charge in [0.25, 0.3) is 0 Å². The molecule has 0 saturated carbocycles. The molecule has 0 amide bonds. The molecule has 0 aromatic carbocycles. The van der Waals surface area contributed by atoms with Crippen molar-refractivity contribution in [1.29, 1.82) is 5.26 Å². The van der Waals surface area contributed by atoms with Crippen LogP contribution in [0.4, 0.5) is 0 Å². The molecule has 3 atom stereocenters. The van der Waals surface area contributed by atoms with E-state index in [0.717, 1.165) is 0 Å². The van der Waals surface area contributed by atoms with E-state index in [1.54, 1.807) is 4.67 Å². The first-order chi connectivity index (χ1) is 9.76. The zero-order valence-electron chi connectivity index (χ0n) is 13.2. The summed E-state index contributed by atoms with van der Waals surface area (Å²) in [6.07, 6.45) is 0.0591. The molecule has 0 spiro atoms. The van der Waals surface area contributed by atoms with Gasteiger partial charge in [-0.2, -0.15) is 5.26 Å². The molecule has 0 saturated heterocycles. The SMILES string of the molecule is CC(C)N(C(C)C)[PH](=O)[C@](O)(OCCC#N)C(CN)CO. The van der Waals surface area contributed by atoms with Gasteiger partial charge in [-0.15, -0.1) is 0 Å². The van der Waals surface area contributed by atoms with Crippen molar-refractivity contribution in [1.82, 2.24) is 4.67 Å². The Kier molecular flexibility index (Phi) is 9.30. The number of nitriles is 1. The third-order valence-corrected chi connectivity index (χ3v) is 5.92. The molecule has 0 fully saturated rings. The number of ether oxygens (including phenoxy) is 1. The molecule has 0 aromatic heterocycles. The minimum atomic E-state index is -2.80. The Balaban J connectivity index is 5.45. The molecule has 7 nitrogen and oxygen atoms in total. The van der Waals surface area contributed by atoms with Crippen molar-refractivity contribution in [3.8, 4) is 6.07 Å². The number of rotatable bonds is 10. The molecule has 0 aliphatic heterocycles. The van der Waals surface area contributed by atoms with Crippen LogP contribution in [0.1, 0.15) is 34.1 Å². The van der Waals surface area contributed by atoms with Gasteiger partial charge in [0.1, 0.15) is 0 Å². The summed E-state index contributed by atoms with van der Waals surface area (Å²) in [5.41, 5.74) is 3.52. The molecule has 4 N–H and O–H groups in total. The van der Waals surface area contributed by atoms with Crippen molar-refractivity contribution >= 4 is 7.95 Å². The lowest BCUT2D eigenvalue weighted by atomic mass is 10.1. The fraction of sp³-hybridized carbons (Fsp3) is 0.923. The van der Waals surface area contributed by atoms with E-state index in [-0.39, 0.29) is 31.7 Å². The molecule has 0 heterocycles. The smallest absolute Gasteiger partial charge is 0.237 e. The first kappa shape index (κ1) is 20.5. The van der Waals surface area contributed by atoms with Crippen molar-refractivity contribution in [2.45, 2.75) is 51.7 Å². The van der Waals surface area contributed by atoms with Crippen molar-refractivity contribution in [3.63, 3.8) is 0 Å². The van der Waals surface area contributed by atoms with Crippen LogP contribution < -0.4 is 5.73 Å². The second kappa shape index (κ2) is 9.52. The molecule has 21 heavy (non-hydrogen) atoms. The maximum absolute atomic E-state index is 12.9. The fourth-order valence-corrected chi connectivity index (χ4v) is 4.31. The van der Waals surface area contributed by atoms with E-state index in [1.807, 2.05) is 33.8 Å². The highest BCUT2D eigenvalue weighted by molar-refractivity contribution is 7.43. The Labute approximate surface area is 127 Å². The van der Waals surface area contributed by atoms with Gasteiger partial charge < -0.3 is 25.2 Å². The van der Waals surface area contributed by atoms with E-state index in [9.17, 15) is 14.8 Å². The molecule has 0 rings (SSSR count). The van der Waals surface area contributed by atoms with Gasteiger partial charge in [-0.1, -0.05) is 0 Å². The summed E-state index contributed by atoms with van der Waals surface area (Å²) in [4.78, 5) is 0. The number of aliphatic hydroxyl groups is 2. The highest BCUT2D eigenvalue weighted by Crippen LogP contribution is 2.48. The number of nitrogens with two attached hydrogens (primary N) is 1. The second-order valence-corrected chi connectivity index (χ2v) is 7.31. The summed E-state index contributed by atoms with van der Waals surface area (Å²) in [7, 11) is -2.80. The van der Waals surface area contributed by atoms with Crippen LogP contribution >= 0.6 is 7.95 Å². The maximum atomic E-state index is 12.9. The zero-order valence-corrected chi connectivity index (χ0v) is 14.2. The Morgan fingerprint density at radius 3 is 2.24 bits per heavy atom. The van der Waals surface area contributed by atoms with E-state index in [0.29, 0.717) is 0 Å². The van der Waals surface area contributed by atoms with Gasteiger partial charge in [0.2, 0.25) is 5.53 Å². The Hall–Kier alpha value is -0.480. The first-order valence-corrected chi connectivity index (χ1v) is 8.48. The molecule has 0 aromatic rings. The molecule has 0 aliphatic carbocycles. The summed E-state index contributed by atoms with van der Waals surface area (Å²) >= 11 is 0. The van der Waals surface area contributed by atoms with Gasteiger partial charge in [0.15, 0.2) is 7.95 Å². The fourth-order valence-electron chi connectivity index (χ4n) is 2.21. The highest BCUT2D eigenvalue weighted by atomic mass is 31.1. The zero-order chi connectivity index (χ0) is 16.6. The van der Waals surface area contributed by atoms with Crippen molar-refractivity contribution in [2.75, 3.05) is 19.8 Å². The Bertz CT molecular complexity index is 361. The molecule has 0 radical (unpaired) electrons. The molecular formula is C13H28N3O4P. The molecule has 0 bridgehead atoms. The molecular weight excluding hydrogens is 293 g/mol. The lowest BCUT2D eigenvalue weighted by molar-refractivity contribution is -0.180. The average molecular weight is 321 g/mol. The van der Waals surface area contributed by atoms with Crippen molar-refractivity contribution in [3.05, 3.63) is 0 Å². The van der Waals surface area contributed by atoms with Gasteiger partial charge in [-0.05, 0) is 27.7 Å². The van der Waals surface area contributed by atoms with Crippen LogP contribution in [0.5, 0.6) is 0 Å². The summed E-state index contributed by atoms with van der Waals surface area (Å²) < 4.78 is 19.9. The number of nitrogens with zero attached hydrogens (tertiary/aromatic N) is 2. The standard InChI is InChI=1S/C13H28N3O4P/c1-10(2)16(11(3)4)21(19)13(18,12(8-15)9-17)20-7-5-6-14/h10-12,17-18,21H,5,7-9,15H2,1-4H3/t12?,13-/m1/s1. The molecule has 0 aliphatic rings. The minimum Gasteiger partial charge on any atom is -0.396 e. The predicted molar refractivity (Wildman–Crippen MR) is 81.9 cm³/mol. The van der Waals surface area contributed by atoms with Crippen molar-refractivity contribution in [2.24, 2.45) is 11.7 Å². The number of aliphatic hydroxyl groups excluding tert-OH is 1. The van der Waals surface area contributed by atoms with E-state index < -0.39 is 26.0 Å². The van der Waals surface area contributed by atoms with Gasteiger partial charge in [0, 0.05) is 18.6 Å². The third-order valence-electron chi connectivity index (χ3n) is 3.25. The van der Waals surface area contributed by atoms with Gasteiger partial charge in [-0.3, -0.25) is 0 Å². The lowest BCUT2D eigenvalue weighted by Gasteiger charge is -2.40. The Morgan fingerprint density at radius 2 is 1.90 bits per heavy atom. The van der Waals surface area contributed by atoms with Crippen LogP contribution in [-0.2, 0) is 9.30 Å². The second-order valence-electron chi connectivity index (χ2n) is 5.47. The number of hydrogen-bond acceptors (Lipinski definition) is 6. The monoisotopic (exact) mass is 321 g/mol. The summed E-state index contributed by atoms with van der Waals surface area (Å²) in [6, 6.07) is 1.76. The minimum absolute atomic E-state index is 0.0591. The largest absolute Gasteiger partial charge is 0.396 e.